The van der Waals surface area contributed by atoms with Crippen molar-refractivity contribution in [2.45, 2.75) is 187 Å². The summed E-state index contributed by atoms with van der Waals surface area (Å²) >= 11 is 0. The molecule has 0 aromatic rings. The molecular weight excluding hydrogens is 641 g/mol. The van der Waals surface area contributed by atoms with Crippen LogP contribution in [0.5, 0.6) is 0 Å². The number of carbonyl (C=O) groups is 2. The third-order valence-electron chi connectivity index (χ3n) is 8.34. The lowest BCUT2D eigenvalue weighted by Crippen LogP contribution is -2.29. The molecule has 2 unspecified atom stereocenters. The van der Waals surface area contributed by atoms with E-state index in [0.717, 1.165) is 57.8 Å². The number of unbranched alkanes of at least 4 members (excludes halogenated alkanes) is 20. The van der Waals surface area contributed by atoms with Crippen molar-refractivity contribution in [1.29, 1.82) is 0 Å². The quantitative estimate of drug-likeness (QED) is 0.0279. The maximum Gasteiger partial charge on any atom is 0.472 e. The number of phosphoric acid groups is 1. The largest absolute Gasteiger partial charge is 0.472 e. The Morgan fingerprint density at radius 2 is 1.06 bits per heavy atom. The summed E-state index contributed by atoms with van der Waals surface area (Å²) in [7, 11) is -4.37. The Hall–Kier alpha value is -1.51. The smallest absolute Gasteiger partial charge is 0.462 e. The van der Waals surface area contributed by atoms with Crippen LogP contribution in [-0.2, 0) is 32.7 Å². The number of nitrogens with two attached hydrogens (primary N) is 1. The molecule has 2 atom stereocenters. The number of hydrogen-bond acceptors (Lipinski definition) is 8. The first-order valence-corrected chi connectivity index (χ1v) is 21.3. The molecule has 0 aromatic carbocycles. The molecule has 0 fully saturated rings. The second-order valence-corrected chi connectivity index (χ2v) is 14.6. The van der Waals surface area contributed by atoms with Gasteiger partial charge >= 0.3 is 19.8 Å². The number of carbonyl (C=O) groups excluding carboxylic acids is 2. The van der Waals surface area contributed by atoms with Crippen molar-refractivity contribution < 1.29 is 37.6 Å². The number of rotatable bonds is 37. The van der Waals surface area contributed by atoms with Crippen LogP contribution in [-0.4, -0.2) is 49.3 Å². The molecular formula is C39H74NO8P. The predicted octanol–water partition coefficient (Wildman–Crippen LogP) is 10.8. The molecule has 0 rings (SSSR count). The Kier molecular flexibility index (Phi) is 35.2. The zero-order chi connectivity index (χ0) is 36.1. The van der Waals surface area contributed by atoms with Gasteiger partial charge in [0, 0.05) is 19.4 Å². The molecule has 0 radical (unpaired) electrons. The standard InChI is InChI=1S/C39H74NO8P/c1-3-5-7-9-11-13-15-17-18-19-20-22-24-26-28-30-32-39(42)48-37(36-47-49(43,44)46-34-33-40)35-45-38(41)31-29-27-25-23-21-16-14-12-10-8-6-4-2/h13,15,18-19,37H,3-12,14,16-17,20-36,40H2,1-2H3,(H,43,44)/b15-13-,19-18-. The number of esters is 2. The summed E-state index contributed by atoms with van der Waals surface area (Å²) in [6, 6.07) is 0. The van der Waals surface area contributed by atoms with E-state index in [1.807, 2.05) is 0 Å². The Balaban J connectivity index is 4.22. The van der Waals surface area contributed by atoms with Crippen molar-refractivity contribution in [3.63, 3.8) is 0 Å². The van der Waals surface area contributed by atoms with Crippen LogP contribution in [0.1, 0.15) is 181 Å². The molecule has 0 aliphatic rings. The fraction of sp³-hybridized carbons (Fsp3) is 0.846. The number of phosphoric ester groups is 1. The van der Waals surface area contributed by atoms with Gasteiger partial charge in [0.2, 0.25) is 0 Å². The number of hydrogen-bond donors (Lipinski definition) is 2. The van der Waals surface area contributed by atoms with Crippen LogP contribution in [0.25, 0.3) is 0 Å². The average molecular weight is 716 g/mol. The zero-order valence-electron chi connectivity index (χ0n) is 31.4. The highest BCUT2D eigenvalue weighted by Crippen LogP contribution is 2.43. The molecule has 0 saturated heterocycles. The van der Waals surface area contributed by atoms with Crippen LogP contribution in [0, 0.1) is 0 Å². The zero-order valence-corrected chi connectivity index (χ0v) is 32.3. The van der Waals surface area contributed by atoms with E-state index in [2.05, 4.69) is 38.2 Å². The van der Waals surface area contributed by atoms with Crippen LogP contribution in [0.3, 0.4) is 0 Å². The molecule has 10 heteroatoms. The maximum absolute atomic E-state index is 12.5. The third kappa shape index (κ3) is 36.1. The minimum absolute atomic E-state index is 0.0523. The van der Waals surface area contributed by atoms with Gasteiger partial charge in [0.25, 0.3) is 0 Å². The van der Waals surface area contributed by atoms with Crippen molar-refractivity contribution >= 4 is 19.8 Å². The molecule has 0 bridgehead atoms. The van der Waals surface area contributed by atoms with Crippen LogP contribution in [0.4, 0.5) is 0 Å². The van der Waals surface area contributed by atoms with Crippen molar-refractivity contribution in [2.24, 2.45) is 5.73 Å². The lowest BCUT2D eigenvalue weighted by Gasteiger charge is -2.19. The van der Waals surface area contributed by atoms with Gasteiger partial charge in [-0.3, -0.25) is 18.6 Å². The van der Waals surface area contributed by atoms with Crippen LogP contribution < -0.4 is 5.73 Å². The molecule has 0 aromatic heterocycles. The maximum atomic E-state index is 12.5. The highest BCUT2D eigenvalue weighted by Gasteiger charge is 2.25. The van der Waals surface area contributed by atoms with Crippen LogP contribution >= 0.6 is 7.82 Å². The Morgan fingerprint density at radius 1 is 0.612 bits per heavy atom. The van der Waals surface area contributed by atoms with E-state index in [0.29, 0.717) is 6.42 Å². The van der Waals surface area contributed by atoms with Gasteiger partial charge in [-0.25, -0.2) is 4.57 Å². The molecule has 0 amide bonds. The summed E-state index contributed by atoms with van der Waals surface area (Å²) < 4.78 is 32.7. The van der Waals surface area contributed by atoms with Crippen LogP contribution in [0.15, 0.2) is 24.3 Å². The van der Waals surface area contributed by atoms with E-state index in [-0.39, 0.29) is 38.6 Å². The lowest BCUT2D eigenvalue weighted by atomic mass is 10.0. The molecule has 0 aliphatic heterocycles. The van der Waals surface area contributed by atoms with E-state index in [4.69, 9.17) is 24.3 Å². The minimum Gasteiger partial charge on any atom is -0.462 e. The normalized spacial score (nSPS) is 13.6. The molecule has 9 nitrogen and oxygen atoms in total. The van der Waals surface area contributed by atoms with E-state index < -0.39 is 26.5 Å². The van der Waals surface area contributed by atoms with Gasteiger partial charge in [0.1, 0.15) is 6.61 Å². The van der Waals surface area contributed by atoms with E-state index >= 15 is 0 Å². The summed E-state index contributed by atoms with van der Waals surface area (Å²) in [6.45, 7) is 3.69. The molecule has 288 valence electrons. The van der Waals surface area contributed by atoms with E-state index in [1.165, 1.54) is 89.9 Å². The van der Waals surface area contributed by atoms with Gasteiger partial charge in [-0.15, -0.1) is 0 Å². The summed E-state index contributed by atoms with van der Waals surface area (Å²) in [4.78, 5) is 34.7. The summed E-state index contributed by atoms with van der Waals surface area (Å²) in [5.41, 5.74) is 5.33. The third-order valence-corrected chi connectivity index (χ3v) is 9.32. The average Bonchev–Trinajstić information content (AvgIpc) is 3.08. The first kappa shape index (κ1) is 47.5. The lowest BCUT2D eigenvalue weighted by molar-refractivity contribution is -0.161. The SMILES string of the molecule is CCCCCC/C=C\C/C=C\CCCCCCCC(=O)OC(COC(=O)CCCCCCCCCCCCCC)COP(=O)(O)OCCN. The van der Waals surface area contributed by atoms with Crippen molar-refractivity contribution in [2.75, 3.05) is 26.4 Å². The second kappa shape index (κ2) is 36.3. The van der Waals surface area contributed by atoms with Crippen LogP contribution in [0.2, 0.25) is 0 Å². The summed E-state index contributed by atoms with van der Waals surface area (Å²) in [6.07, 6.45) is 36.3. The fourth-order valence-electron chi connectivity index (χ4n) is 5.37. The molecule has 0 aliphatic carbocycles. The fourth-order valence-corrected chi connectivity index (χ4v) is 6.13. The summed E-state index contributed by atoms with van der Waals surface area (Å²) in [5.74, 6) is -0.841. The van der Waals surface area contributed by atoms with Gasteiger partial charge in [-0.05, 0) is 44.9 Å². The van der Waals surface area contributed by atoms with E-state index in [9.17, 15) is 19.0 Å². The number of allylic oxidation sites excluding steroid dienone is 4. The topological polar surface area (TPSA) is 134 Å². The number of ether oxygens (including phenoxy) is 2. The van der Waals surface area contributed by atoms with Gasteiger partial charge in [0.05, 0.1) is 13.2 Å². The van der Waals surface area contributed by atoms with E-state index in [1.54, 1.807) is 0 Å². The molecule has 0 heterocycles. The Labute approximate surface area is 300 Å². The van der Waals surface area contributed by atoms with Gasteiger partial charge < -0.3 is 20.1 Å². The first-order chi connectivity index (χ1) is 23.8. The minimum atomic E-state index is -4.37. The highest BCUT2D eigenvalue weighted by atomic mass is 31.2. The monoisotopic (exact) mass is 716 g/mol. The predicted molar refractivity (Wildman–Crippen MR) is 201 cm³/mol. The van der Waals surface area contributed by atoms with Gasteiger partial charge in [-0.1, -0.05) is 147 Å². The summed E-state index contributed by atoms with van der Waals surface area (Å²) in [5, 5.41) is 0. The second-order valence-electron chi connectivity index (χ2n) is 13.2. The van der Waals surface area contributed by atoms with Crippen molar-refractivity contribution in [3.05, 3.63) is 24.3 Å². The molecule has 3 N–H and O–H groups in total. The molecule has 0 saturated carbocycles. The molecule has 49 heavy (non-hydrogen) atoms. The van der Waals surface area contributed by atoms with Gasteiger partial charge in [0.15, 0.2) is 6.10 Å². The van der Waals surface area contributed by atoms with Crippen molar-refractivity contribution in [3.8, 4) is 0 Å². The first-order valence-electron chi connectivity index (χ1n) is 19.8. The Morgan fingerprint density at radius 3 is 1.57 bits per heavy atom. The Bertz CT molecular complexity index is 866. The molecule has 0 spiro atoms. The van der Waals surface area contributed by atoms with Crippen molar-refractivity contribution in [1.82, 2.24) is 0 Å². The van der Waals surface area contributed by atoms with Gasteiger partial charge in [-0.2, -0.15) is 0 Å². The highest BCUT2D eigenvalue weighted by molar-refractivity contribution is 7.47.